The lowest BCUT2D eigenvalue weighted by atomic mass is 10.1. The molecule has 110 valence electrons. The number of rotatable bonds is 5. The number of carbonyl (C=O) groups excluding carboxylic acids is 1. The molecule has 3 N–H and O–H groups in total. The van der Waals surface area contributed by atoms with E-state index in [1.165, 1.54) is 13.0 Å². The fourth-order valence-electron chi connectivity index (χ4n) is 1.56. The van der Waals surface area contributed by atoms with Crippen LogP contribution >= 0.6 is 11.6 Å². The van der Waals surface area contributed by atoms with Crippen molar-refractivity contribution in [2.45, 2.75) is 38.8 Å². The van der Waals surface area contributed by atoms with Crippen LogP contribution in [-0.4, -0.2) is 39.2 Å². The van der Waals surface area contributed by atoms with Crippen LogP contribution in [0.2, 0.25) is 5.15 Å². The summed E-state index contributed by atoms with van der Waals surface area (Å²) in [7, 11) is 0. The molecular formula is C13H17ClN2O4. The van der Waals surface area contributed by atoms with Crippen LogP contribution in [0.15, 0.2) is 12.1 Å². The van der Waals surface area contributed by atoms with Gasteiger partial charge < -0.3 is 15.5 Å². The molecule has 6 nitrogen and oxygen atoms in total. The fraction of sp³-hybridized carbons (Fsp3) is 0.462. The highest BCUT2D eigenvalue weighted by atomic mass is 35.5. The van der Waals surface area contributed by atoms with Crippen LogP contribution in [0.1, 0.15) is 42.7 Å². The fourth-order valence-corrected chi connectivity index (χ4v) is 1.77. The summed E-state index contributed by atoms with van der Waals surface area (Å²) in [5.41, 5.74) is 0.840. The summed E-state index contributed by atoms with van der Waals surface area (Å²) in [6.07, 6.45) is -1.21. The van der Waals surface area contributed by atoms with Gasteiger partial charge in [-0.2, -0.15) is 0 Å². The number of carboxylic acid groups (broad SMARTS) is 1. The van der Waals surface area contributed by atoms with Crippen LogP contribution < -0.4 is 5.32 Å². The zero-order valence-electron chi connectivity index (χ0n) is 11.4. The maximum Gasteiger partial charge on any atom is 0.328 e. The number of carboxylic acids is 1. The van der Waals surface area contributed by atoms with Gasteiger partial charge in [-0.15, -0.1) is 0 Å². The van der Waals surface area contributed by atoms with Gasteiger partial charge in [0.2, 0.25) is 0 Å². The molecule has 1 aromatic heterocycles. The van der Waals surface area contributed by atoms with Gasteiger partial charge in [-0.05, 0) is 25.0 Å². The van der Waals surface area contributed by atoms with Crippen molar-refractivity contribution in [1.29, 1.82) is 0 Å². The Morgan fingerprint density at radius 1 is 1.30 bits per heavy atom. The Hall–Kier alpha value is -1.66. The largest absolute Gasteiger partial charge is 0.480 e. The molecule has 0 aliphatic heterocycles. The highest BCUT2D eigenvalue weighted by Gasteiger charge is 2.25. The molecule has 7 heteroatoms. The highest BCUT2D eigenvalue weighted by molar-refractivity contribution is 6.29. The lowest BCUT2D eigenvalue weighted by Crippen LogP contribution is -2.47. The van der Waals surface area contributed by atoms with Gasteiger partial charge in [-0.3, -0.25) is 4.79 Å². The molecule has 0 bridgehead atoms. The molecule has 0 saturated carbocycles. The Labute approximate surface area is 121 Å². The maximum atomic E-state index is 12.0. The summed E-state index contributed by atoms with van der Waals surface area (Å²) in [6, 6.07) is 1.52. The smallest absolute Gasteiger partial charge is 0.328 e. The van der Waals surface area contributed by atoms with Crippen molar-refractivity contribution in [3.63, 3.8) is 0 Å². The minimum absolute atomic E-state index is 0.0762. The van der Waals surface area contributed by atoms with E-state index in [1.807, 2.05) is 13.8 Å². The predicted octanol–water partition coefficient (Wildman–Crippen LogP) is 1.42. The molecule has 2 atom stereocenters. The van der Waals surface area contributed by atoms with Crippen molar-refractivity contribution in [3.8, 4) is 0 Å². The summed E-state index contributed by atoms with van der Waals surface area (Å²) < 4.78 is 0. The quantitative estimate of drug-likeness (QED) is 0.714. The van der Waals surface area contributed by atoms with Gasteiger partial charge in [0.1, 0.15) is 5.15 Å². The lowest BCUT2D eigenvalue weighted by molar-refractivity contribution is -0.141. The van der Waals surface area contributed by atoms with Gasteiger partial charge in [-0.25, -0.2) is 9.78 Å². The van der Waals surface area contributed by atoms with E-state index >= 15 is 0 Å². The second-order valence-corrected chi connectivity index (χ2v) is 5.18. The van der Waals surface area contributed by atoms with Crippen molar-refractivity contribution >= 4 is 23.5 Å². The third-order valence-electron chi connectivity index (χ3n) is 2.70. The highest BCUT2D eigenvalue weighted by Crippen LogP contribution is 2.17. The van der Waals surface area contributed by atoms with E-state index in [4.69, 9.17) is 16.7 Å². The molecule has 1 amide bonds. The lowest BCUT2D eigenvalue weighted by Gasteiger charge is -2.17. The Bertz CT molecular complexity index is 517. The van der Waals surface area contributed by atoms with Crippen LogP contribution in [0.3, 0.4) is 0 Å². The van der Waals surface area contributed by atoms with Crippen molar-refractivity contribution in [3.05, 3.63) is 28.5 Å². The molecule has 0 aliphatic carbocycles. The molecule has 0 saturated heterocycles. The van der Waals surface area contributed by atoms with E-state index in [0.717, 1.165) is 0 Å². The molecule has 0 spiro atoms. The van der Waals surface area contributed by atoms with Crippen molar-refractivity contribution < 1.29 is 19.8 Å². The Morgan fingerprint density at radius 3 is 2.35 bits per heavy atom. The second kappa shape index (κ2) is 6.67. The van der Waals surface area contributed by atoms with Crippen LogP contribution in [-0.2, 0) is 4.79 Å². The van der Waals surface area contributed by atoms with E-state index in [9.17, 15) is 14.7 Å². The monoisotopic (exact) mass is 300 g/mol. The number of nitrogens with one attached hydrogen (secondary N) is 1. The Morgan fingerprint density at radius 2 is 1.90 bits per heavy atom. The number of hydrogen-bond acceptors (Lipinski definition) is 4. The average Bonchev–Trinajstić information content (AvgIpc) is 2.33. The summed E-state index contributed by atoms with van der Waals surface area (Å²) >= 11 is 5.84. The molecule has 2 unspecified atom stereocenters. The second-order valence-electron chi connectivity index (χ2n) is 4.79. The number of hydrogen-bond donors (Lipinski definition) is 3. The molecular weight excluding hydrogens is 284 g/mol. The number of aliphatic hydroxyl groups excluding tert-OH is 1. The van der Waals surface area contributed by atoms with Gasteiger partial charge >= 0.3 is 5.97 Å². The first-order valence-electron chi connectivity index (χ1n) is 6.11. The van der Waals surface area contributed by atoms with Gasteiger partial charge in [0.25, 0.3) is 5.91 Å². The number of aromatic nitrogens is 1. The maximum absolute atomic E-state index is 12.0. The standard InChI is InChI=1S/C13H17ClN2O4/c1-6(2)9-4-8(5-10(14)15-9)12(18)16-11(7(3)17)13(19)20/h4-7,11,17H,1-3H3,(H,16,18)(H,19,20). The van der Waals surface area contributed by atoms with Gasteiger partial charge in [0, 0.05) is 11.3 Å². The Balaban J connectivity index is 3.00. The molecule has 1 rings (SSSR count). The molecule has 20 heavy (non-hydrogen) atoms. The number of aliphatic carboxylic acids is 1. The zero-order valence-corrected chi connectivity index (χ0v) is 12.2. The molecule has 1 heterocycles. The van der Waals surface area contributed by atoms with Crippen LogP contribution in [0.25, 0.3) is 0 Å². The summed E-state index contributed by atoms with van der Waals surface area (Å²) in [5, 5.41) is 20.7. The van der Waals surface area contributed by atoms with E-state index in [-0.39, 0.29) is 16.6 Å². The molecule has 0 aliphatic rings. The molecule has 0 fully saturated rings. The molecule has 0 radical (unpaired) electrons. The van der Waals surface area contributed by atoms with Gasteiger partial charge in [0.05, 0.1) is 6.10 Å². The van der Waals surface area contributed by atoms with E-state index in [1.54, 1.807) is 6.07 Å². The Kier molecular flexibility index (Phi) is 5.47. The summed E-state index contributed by atoms with van der Waals surface area (Å²) in [4.78, 5) is 27.0. The van der Waals surface area contributed by atoms with Crippen LogP contribution in [0.4, 0.5) is 0 Å². The predicted molar refractivity (Wildman–Crippen MR) is 73.9 cm³/mol. The van der Waals surface area contributed by atoms with Crippen LogP contribution in [0.5, 0.6) is 0 Å². The van der Waals surface area contributed by atoms with E-state index in [0.29, 0.717) is 5.69 Å². The van der Waals surface area contributed by atoms with Gasteiger partial charge in [-0.1, -0.05) is 25.4 Å². The third kappa shape index (κ3) is 4.18. The van der Waals surface area contributed by atoms with Gasteiger partial charge in [0.15, 0.2) is 6.04 Å². The first-order chi connectivity index (χ1) is 9.22. The summed E-state index contributed by atoms with van der Waals surface area (Å²) in [5.74, 6) is -1.85. The minimum atomic E-state index is -1.38. The van der Waals surface area contributed by atoms with E-state index < -0.39 is 24.0 Å². The molecule has 1 aromatic rings. The third-order valence-corrected chi connectivity index (χ3v) is 2.90. The van der Waals surface area contributed by atoms with Crippen LogP contribution in [0, 0.1) is 0 Å². The first-order valence-corrected chi connectivity index (χ1v) is 6.49. The SMILES string of the molecule is CC(C)c1cc(C(=O)NC(C(=O)O)C(C)O)cc(Cl)n1. The van der Waals surface area contributed by atoms with Crippen molar-refractivity contribution in [2.24, 2.45) is 0 Å². The van der Waals surface area contributed by atoms with E-state index in [2.05, 4.69) is 10.3 Å². The normalized spacial score (nSPS) is 13.9. The van der Waals surface area contributed by atoms with Crippen molar-refractivity contribution in [1.82, 2.24) is 10.3 Å². The number of nitrogens with zero attached hydrogens (tertiary/aromatic N) is 1. The number of halogens is 1. The minimum Gasteiger partial charge on any atom is -0.480 e. The average molecular weight is 301 g/mol. The van der Waals surface area contributed by atoms with Crippen molar-refractivity contribution in [2.75, 3.05) is 0 Å². The topological polar surface area (TPSA) is 99.5 Å². The first kappa shape index (κ1) is 16.4. The zero-order chi connectivity index (χ0) is 15.4. The number of aliphatic hydroxyl groups is 1. The number of amides is 1. The molecule has 0 aromatic carbocycles. The number of carbonyl (C=O) groups is 2. The summed E-state index contributed by atoms with van der Waals surface area (Å²) in [6.45, 7) is 5.09. The number of pyridine rings is 1.